The number of aromatic nitrogens is 3. The van der Waals surface area contributed by atoms with Gasteiger partial charge in [-0.05, 0) is 31.0 Å². The zero-order chi connectivity index (χ0) is 20.4. The van der Waals surface area contributed by atoms with Gasteiger partial charge in [0.05, 0.1) is 18.3 Å². The summed E-state index contributed by atoms with van der Waals surface area (Å²) in [6, 6.07) is 10.7. The van der Waals surface area contributed by atoms with Crippen LogP contribution in [0.4, 0.5) is 5.13 Å². The minimum absolute atomic E-state index is 0.0356. The Bertz CT molecular complexity index is 1070. The van der Waals surface area contributed by atoms with Gasteiger partial charge in [0.25, 0.3) is 11.5 Å². The van der Waals surface area contributed by atoms with E-state index in [1.54, 1.807) is 4.90 Å². The van der Waals surface area contributed by atoms with Crippen molar-refractivity contribution in [3.63, 3.8) is 0 Å². The monoisotopic (exact) mass is 474 g/mol. The number of rotatable bonds is 5. The lowest BCUT2D eigenvalue weighted by Crippen LogP contribution is -2.38. The average molecular weight is 475 g/mol. The molecule has 0 aliphatic carbocycles. The first-order valence-electron chi connectivity index (χ1n) is 9.20. The summed E-state index contributed by atoms with van der Waals surface area (Å²) >= 11 is 4.84. The molecule has 1 unspecified atom stereocenters. The van der Waals surface area contributed by atoms with E-state index in [2.05, 4.69) is 21.0 Å². The van der Waals surface area contributed by atoms with Gasteiger partial charge >= 0.3 is 0 Å². The first kappa shape index (κ1) is 19.9. The molecule has 7 nitrogen and oxygen atoms in total. The van der Waals surface area contributed by atoms with E-state index in [0.29, 0.717) is 18.3 Å². The van der Waals surface area contributed by atoms with Crippen molar-refractivity contribution in [3.05, 3.63) is 62.3 Å². The summed E-state index contributed by atoms with van der Waals surface area (Å²) in [6.07, 6.45) is 1.84. The van der Waals surface area contributed by atoms with Crippen molar-refractivity contribution in [2.45, 2.75) is 18.9 Å². The Morgan fingerprint density at radius 3 is 2.79 bits per heavy atom. The fourth-order valence-electron chi connectivity index (χ4n) is 3.14. The van der Waals surface area contributed by atoms with E-state index in [4.69, 9.17) is 9.72 Å². The molecule has 0 bridgehead atoms. The van der Waals surface area contributed by atoms with Crippen LogP contribution in [-0.4, -0.2) is 39.9 Å². The highest BCUT2D eigenvalue weighted by atomic mass is 79.9. The number of benzene rings is 1. The van der Waals surface area contributed by atoms with E-state index < -0.39 is 0 Å². The van der Waals surface area contributed by atoms with Crippen LogP contribution in [0.5, 0.6) is 0 Å². The van der Waals surface area contributed by atoms with Crippen molar-refractivity contribution < 1.29 is 9.53 Å². The summed E-state index contributed by atoms with van der Waals surface area (Å²) in [6.45, 7) is 1.10. The predicted octanol–water partition coefficient (Wildman–Crippen LogP) is 3.49. The molecular weight excluding hydrogens is 456 g/mol. The van der Waals surface area contributed by atoms with Gasteiger partial charge in [0.15, 0.2) is 5.13 Å². The third-order valence-corrected chi connectivity index (χ3v) is 6.09. The molecule has 1 amide bonds. The molecular formula is C20H19BrN4O3S. The summed E-state index contributed by atoms with van der Waals surface area (Å²) in [5, 5.41) is 6.63. The van der Waals surface area contributed by atoms with Crippen LogP contribution >= 0.6 is 27.3 Å². The van der Waals surface area contributed by atoms with Crippen LogP contribution in [0, 0.1) is 0 Å². The average Bonchev–Trinajstić information content (AvgIpc) is 3.40. The second-order valence-electron chi connectivity index (χ2n) is 6.75. The van der Waals surface area contributed by atoms with Crippen LogP contribution in [0.15, 0.2) is 51.0 Å². The van der Waals surface area contributed by atoms with E-state index in [0.717, 1.165) is 33.3 Å². The van der Waals surface area contributed by atoms with Crippen LogP contribution in [0.1, 0.15) is 23.3 Å². The fourth-order valence-corrected chi connectivity index (χ4v) is 4.24. The quantitative estimate of drug-likeness (QED) is 0.565. The highest BCUT2D eigenvalue weighted by molar-refractivity contribution is 9.10. The largest absolute Gasteiger partial charge is 0.376 e. The number of hydrogen-bond acceptors (Lipinski definition) is 6. The van der Waals surface area contributed by atoms with Gasteiger partial charge in [-0.3, -0.25) is 14.5 Å². The van der Waals surface area contributed by atoms with Gasteiger partial charge < -0.3 is 4.74 Å². The molecule has 1 aliphatic rings. The molecule has 1 aromatic carbocycles. The number of ether oxygens (including phenoxy) is 1. The number of halogens is 1. The smallest absolute Gasteiger partial charge is 0.280 e. The standard InChI is InChI=1S/C20H19BrN4O3S/c1-24-18(26)9-8-16(23-24)19(27)25(11-15-3-2-10-28-15)20-22-17(12-29-20)13-4-6-14(21)7-5-13/h4-9,12,15H,2-3,10-11H2,1H3. The highest BCUT2D eigenvalue weighted by Gasteiger charge is 2.28. The maximum absolute atomic E-state index is 13.2. The molecule has 1 fully saturated rings. The van der Waals surface area contributed by atoms with E-state index in [-0.39, 0.29) is 23.3 Å². The van der Waals surface area contributed by atoms with Crippen molar-refractivity contribution in [2.75, 3.05) is 18.1 Å². The Morgan fingerprint density at radius 2 is 2.10 bits per heavy atom. The lowest BCUT2D eigenvalue weighted by atomic mass is 10.2. The molecule has 1 atom stereocenters. The summed E-state index contributed by atoms with van der Waals surface area (Å²) in [5.41, 5.74) is 1.71. The molecule has 29 heavy (non-hydrogen) atoms. The number of anilines is 1. The molecule has 150 valence electrons. The number of carbonyl (C=O) groups is 1. The molecule has 3 aromatic rings. The van der Waals surface area contributed by atoms with Crippen LogP contribution in [0.3, 0.4) is 0 Å². The third kappa shape index (κ3) is 4.47. The minimum Gasteiger partial charge on any atom is -0.376 e. The topological polar surface area (TPSA) is 77.3 Å². The highest BCUT2D eigenvalue weighted by Crippen LogP contribution is 2.30. The first-order chi connectivity index (χ1) is 14.0. The summed E-state index contributed by atoms with van der Waals surface area (Å²) in [5.74, 6) is -0.298. The van der Waals surface area contributed by atoms with Crippen LogP contribution in [0.25, 0.3) is 11.3 Å². The maximum atomic E-state index is 13.2. The van der Waals surface area contributed by atoms with Gasteiger partial charge in [-0.1, -0.05) is 28.1 Å². The lowest BCUT2D eigenvalue weighted by molar-refractivity contribution is 0.0911. The van der Waals surface area contributed by atoms with E-state index in [1.165, 1.54) is 30.5 Å². The second kappa shape index (κ2) is 8.56. The van der Waals surface area contributed by atoms with Crippen molar-refractivity contribution in [1.82, 2.24) is 14.8 Å². The van der Waals surface area contributed by atoms with E-state index >= 15 is 0 Å². The molecule has 2 aromatic heterocycles. The molecule has 0 spiro atoms. The van der Waals surface area contributed by atoms with Gasteiger partial charge in [-0.25, -0.2) is 9.67 Å². The van der Waals surface area contributed by atoms with Gasteiger partial charge in [-0.15, -0.1) is 11.3 Å². The van der Waals surface area contributed by atoms with Crippen LogP contribution in [-0.2, 0) is 11.8 Å². The second-order valence-corrected chi connectivity index (χ2v) is 8.51. The Morgan fingerprint density at radius 1 is 1.31 bits per heavy atom. The molecule has 1 aliphatic heterocycles. The Kier molecular flexibility index (Phi) is 5.89. The maximum Gasteiger partial charge on any atom is 0.280 e. The molecule has 0 N–H and O–H groups in total. The van der Waals surface area contributed by atoms with Crippen molar-refractivity contribution >= 4 is 38.3 Å². The summed E-state index contributed by atoms with van der Waals surface area (Å²) < 4.78 is 7.89. The number of nitrogens with zero attached hydrogens (tertiary/aromatic N) is 4. The van der Waals surface area contributed by atoms with Gasteiger partial charge in [0, 0.05) is 35.1 Å². The third-order valence-electron chi connectivity index (χ3n) is 4.70. The Balaban J connectivity index is 1.66. The number of carbonyl (C=O) groups excluding carboxylic acids is 1. The first-order valence-corrected chi connectivity index (χ1v) is 10.9. The zero-order valence-electron chi connectivity index (χ0n) is 15.7. The molecule has 3 heterocycles. The SMILES string of the molecule is Cn1nc(C(=O)N(CC2CCCO2)c2nc(-c3ccc(Br)cc3)cs2)ccc1=O. The summed E-state index contributed by atoms with van der Waals surface area (Å²) in [4.78, 5) is 31.2. The summed E-state index contributed by atoms with van der Waals surface area (Å²) in [7, 11) is 1.53. The molecule has 9 heteroatoms. The van der Waals surface area contributed by atoms with Gasteiger partial charge in [0.2, 0.25) is 0 Å². The zero-order valence-corrected chi connectivity index (χ0v) is 18.1. The predicted molar refractivity (Wildman–Crippen MR) is 115 cm³/mol. The minimum atomic E-state index is -0.298. The fraction of sp³-hybridized carbons (Fsp3) is 0.300. The molecule has 0 saturated carbocycles. The van der Waals surface area contributed by atoms with E-state index in [1.807, 2.05) is 29.6 Å². The van der Waals surface area contributed by atoms with Crippen molar-refractivity contribution in [2.24, 2.45) is 7.05 Å². The molecule has 1 saturated heterocycles. The number of aryl methyl sites for hydroxylation is 1. The van der Waals surface area contributed by atoms with Crippen molar-refractivity contribution in [3.8, 4) is 11.3 Å². The molecule has 4 rings (SSSR count). The van der Waals surface area contributed by atoms with Crippen molar-refractivity contribution in [1.29, 1.82) is 0 Å². The molecule has 0 radical (unpaired) electrons. The van der Waals surface area contributed by atoms with E-state index in [9.17, 15) is 9.59 Å². The Hall–Kier alpha value is -2.36. The Labute approximate surface area is 180 Å². The van der Waals surface area contributed by atoms with Gasteiger partial charge in [-0.2, -0.15) is 5.10 Å². The van der Waals surface area contributed by atoms with Crippen LogP contribution in [0.2, 0.25) is 0 Å². The lowest BCUT2D eigenvalue weighted by Gasteiger charge is -2.22. The van der Waals surface area contributed by atoms with Crippen LogP contribution < -0.4 is 10.5 Å². The normalized spacial score (nSPS) is 16.1. The van der Waals surface area contributed by atoms with Gasteiger partial charge in [0.1, 0.15) is 5.69 Å². The number of hydrogen-bond donors (Lipinski definition) is 0. The number of amides is 1. The number of thiazole rings is 1.